The zero-order valence-electron chi connectivity index (χ0n) is 10.9. The maximum absolute atomic E-state index is 11.2. The van der Waals surface area contributed by atoms with Crippen molar-refractivity contribution in [3.05, 3.63) is 0 Å². The molecule has 0 aromatic carbocycles. The first-order valence-electron chi connectivity index (χ1n) is 5.58. The Morgan fingerprint density at radius 2 is 1.33 bits per heavy atom. The topological polar surface area (TPSA) is 91.3 Å². The minimum absolute atomic E-state index is 0.218. The van der Waals surface area contributed by atoms with Gasteiger partial charge in [-0.2, -0.15) is 0 Å². The van der Waals surface area contributed by atoms with Crippen LogP contribution < -0.4 is 0 Å². The molecule has 0 heterocycles. The lowest BCUT2D eigenvalue weighted by Gasteiger charge is -2.18. The van der Waals surface area contributed by atoms with Gasteiger partial charge in [0.1, 0.15) is 0 Å². The van der Waals surface area contributed by atoms with E-state index in [1.165, 1.54) is 13.8 Å². The van der Waals surface area contributed by atoms with E-state index in [0.717, 1.165) is 0 Å². The average molecular weight is 282 g/mol. The fourth-order valence-corrected chi connectivity index (χ4v) is 1.66. The molecule has 0 spiro atoms. The Kier molecular flexibility index (Phi) is 8.83. The average Bonchev–Trinajstić information content (AvgIpc) is 2.29. The molecule has 0 aliphatic heterocycles. The zero-order valence-corrected chi connectivity index (χ0v) is 11.8. The first-order valence-corrected chi connectivity index (χ1v) is 6.71. The summed E-state index contributed by atoms with van der Waals surface area (Å²) in [5.41, 5.74) is 0. The summed E-state index contributed by atoms with van der Waals surface area (Å²) >= 11 is 0. The summed E-state index contributed by atoms with van der Waals surface area (Å²) < 4.78 is 19.1. The minimum atomic E-state index is -2.35. The molecular formula is C10H19O7P. The van der Waals surface area contributed by atoms with E-state index in [-0.39, 0.29) is 13.2 Å². The highest BCUT2D eigenvalue weighted by Crippen LogP contribution is 2.36. The predicted octanol–water partition coefficient (Wildman–Crippen LogP) is 1.14. The lowest BCUT2D eigenvalue weighted by atomic mass is 10.4. The molecule has 2 unspecified atom stereocenters. The Morgan fingerprint density at radius 3 is 1.61 bits per heavy atom. The molecule has 7 nitrogen and oxygen atoms in total. The van der Waals surface area contributed by atoms with Gasteiger partial charge in [0.2, 0.25) is 0 Å². The van der Waals surface area contributed by atoms with Gasteiger partial charge in [0.05, 0.1) is 13.2 Å². The van der Waals surface area contributed by atoms with E-state index in [1.807, 2.05) is 0 Å². The van der Waals surface area contributed by atoms with E-state index in [0.29, 0.717) is 0 Å². The van der Waals surface area contributed by atoms with Crippen LogP contribution in [-0.4, -0.2) is 42.3 Å². The third-order valence-electron chi connectivity index (χ3n) is 1.73. The van der Waals surface area contributed by atoms with Gasteiger partial charge in [-0.25, -0.2) is 9.59 Å². The molecule has 0 rings (SSSR count). The molecule has 0 aliphatic rings. The summed E-state index contributed by atoms with van der Waals surface area (Å²) in [5.74, 6) is -1.21. The predicted molar refractivity (Wildman–Crippen MR) is 63.5 cm³/mol. The van der Waals surface area contributed by atoms with Crippen molar-refractivity contribution in [3.63, 3.8) is 0 Å². The minimum Gasteiger partial charge on any atom is -0.464 e. The third-order valence-corrected chi connectivity index (χ3v) is 2.73. The van der Waals surface area contributed by atoms with E-state index in [1.54, 1.807) is 13.8 Å². The fourth-order valence-electron chi connectivity index (χ4n) is 0.901. The van der Waals surface area contributed by atoms with Crippen LogP contribution in [0.3, 0.4) is 0 Å². The van der Waals surface area contributed by atoms with Crippen LogP contribution in [0, 0.1) is 0 Å². The van der Waals surface area contributed by atoms with Gasteiger partial charge in [0.25, 0.3) is 0 Å². The second kappa shape index (κ2) is 9.22. The highest BCUT2D eigenvalue weighted by Gasteiger charge is 2.25. The van der Waals surface area contributed by atoms with Gasteiger partial charge in [-0.05, 0) is 27.7 Å². The maximum Gasteiger partial charge on any atom is 0.335 e. The maximum atomic E-state index is 11.2. The van der Waals surface area contributed by atoms with Gasteiger partial charge in [0.15, 0.2) is 12.2 Å². The van der Waals surface area contributed by atoms with Crippen LogP contribution in [0.2, 0.25) is 0 Å². The van der Waals surface area contributed by atoms with Gasteiger partial charge in [-0.1, -0.05) is 0 Å². The fraction of sp³-hybridized carbons (Fsp3) is 0.800. The van der Waals surface area contributed by atoms with Crippen molar-refractivity contribution in [2.45, 2.75) is 39.9 Å². The number of carbonyl (C=O) groups is 2. The molecular weight excluding hydrogens is 263 g/mol. The number of hydrogen-bond donors (Lipinski definition) is 1. The molecule has 0 aliphatic carbocycles. The normalized spacial score (nSPS) is 15.6. The third kappa shape index (κ3) is 6.86. The van der Waals surface area contributed by atoms with Crippen molar-refractivity contribution in [1.29, 1.82) is 0 Å². The first-order chi connectivity index (χ1) is 8.42. The van der Waals surface area contributed by atoms with Crippen LogP contribution >= 0.6 is 8.60 Å². The summed E-state index contributed by atoms with van der Waals surface area (Å²) in [6.07, 6.45) is -1.93. The highest BCUT2D eigenvalue weighted by atomic mass is 31.2. The van der Waals surface area contributed by atoms with Crippen molar-refractivity contribution in [2.24, 2.45) is 0 Å². The molecule has 0 aromatic rings. The van der Waals surface area contributed by atoms with Crippen LogP contribution in [0.15, 0.2) is 0 Å². The molecule has 0 aromatic heterocycles. The molecule has 18 heavy (non-hydrogen) atoms. The van der Waals surface area contributed by atoms with Crippen LogP contribution in [-0.2, 0) is 28.1 Å². The smallest absolute Gasteiger partial charge is 0.335 e. The van der Waals surface area contributed by atoms with E-state index < -0.39 is 32.7 Å². The van der Waals surface area contributed by atoms with E-state index >= 15 is 0 Å². The SMILES string of the molecule is CCOC(=O)C(C)OP(O)OC(C)C(=O)OCC. The largest absolute Gasteiger partial charge is 0.464 e. The number of esters is 2. The summed E-state index contributed by atoms with van der Waals surface area (Å²) in [5, 5.41) is 0. The number of ether oxygens (including phenoxy) is 2. The van der Waals surface area contributed by atoms with Crippen molar-refractivity contribution in [2.75, 3.05) is 13.2 Å². The summed E-state index contributed by atoms with van der Waals surface area (Å²) in [6, 6.07) is 0. The molecule has 0 saturated carbocycles. The standard InChI is InChI=1S/C10H19O7P/c1-5-14-9(11)7(3)16-18(13)17-8(4)10(12)15-6-2/h7-8,13H,5-6H2,1-4H3. The molecule has 8 heteroatoms. The van der Waals surface area contributed by atoms with Gasteiger partial charge in [-0.15, -0.1) is 0 Å². The quantitative estimate of drug-likeness (QED) is 0.527. The van der Waals surface area contributed by atoms with Gasteiger partial charge >= 0.3 is 20.5 Å². The van der Waals surface area contributed by atoms with Gasteiger partial charge in [0, 0.05) is 0 Å². The lowest BCUT2D eigenvalue weighted by Crippen LogP contribution is -2.25. The van der Waals surface area contributed by atoms with Crippen molar-refractivity contribution in [3.8, 4) is 0 Å². The molecule has 0 bridgehead atoms. The van der Waals surface area contributed by atoms with Gasteiger partial charge < -0.3 is 14.4 Å². The Hall–Kier alpha value is -0.750. The molecule has 106 valence electrons. The molecule has 0 radical (unpaired) electrons. The second-order valence-electron chi connectivity index (χ2n) is 3.24. The van der Waals surface area contributed by atoms with E-state index in [4.69, 9.17) is 9.05 Å². The summed E-state index contributed by atoms with van der Waals surface area (Å²) in [7, 11) is -2.35. The van der Waals surface area contributed by atoms with E-state index in [9.17, 15) is 14.5 Å². The van der Waals surface area contributed by atoms with Crippen LogP contribution in [0.1, 0.15) is 27.7 Å². The summed E-state index contributed by atoms with van der Waals surface area (Å²) in [6.45, 7) is 6.59. The Balaban J connectivity index is 4.06. The van der Waals surface area contributed by atoms with Crippen LogP contribution in [0.5, 0.6) is 0 Å². The lowest BCUT2D eigenvalue weighted by molar-refractivity contribution is -0.152. The van der Waals surface area contributed by atoms with Crippen LogP contribution in [0.25, 0.3) is 0 Å². The molecule has 2 atom stereocenters. The molecule has 0 fully saturated rings. The Bertz CT molecular complexity index is 245. The number of rotatable bonds is 8. The highest BCUT2D eigenvalue weighted by molar-refractivity contribution is 7.40. The first kappa shape index (κ1) is 17.2. The van der Waals surface area contributed by atoms with Crippen LogP contribution in [0.4, 0.5) is 0 Å². The number of hydrogen-bond acceptors (Lipinski definition) is 7. The van der Waals surface area contributed by atoms with Crippen molar-refractivity contribution >= 4 is 20.5 Å². The molecule has 1 N–H and O–H groups in total. The van der Waals surface area contributed by atoms with Crippen molar-refractivity contribution in [1.82, 2.24) is 0 Å². The van der Waals surface area contributed by atoms with E-state index in [2.05, 4.69) is 9.47 Å². The zero-order chi connectivity index (χ0) is 14.1. The monoisotopic (exact) mass is 282 g/mol. The summed E-state index contributed by atoms with van der Waals surface area (Å²) in [4.78, 5) is 31.8. The Labute approximate surface area is 107 Å². The Morgan fingerprint density at radius 1 is 1.00 bits per heavy atom. The molecule has 0 amide bonds. The number of carbonyl (C=O) groups excluding carboxylic acids is 2. The van der Waals surface area contributed by atoms with Crippen molar-refractivity contribution < 1.29 is 33.0 Å². The second-order valence-corrected chi connectivity index (χ2v) is 4.13. The molecule has 0 saturated heterocycles. The van der Waals surface area contributed by atoms with Gasteiger partial charge in [-0.3, -0.25) is 9.05 Å².